The molecule has 0 spiro atoms. The van der Waals surface area contributed by atoms with Crippen molar-refractivity contribution in [3.63, 3.8) is 0 Å². The zero-order valence-corrected chi connectivity index (χ0v) is 14.4. The van der Waals surface area contributed by atoms with Crippen molar-refractivity contribution in [2.24, 2.45) is 0 Å². The minimum Gasteiger partial charge on any atom is -0.497 e. The fourth-order valence-corrected chi connectivity index (χ4v) is 3.41. The first-order valence-electron chi connectivity index (χ1n) is 6.61. The van der Waals surface area contributed by atoms with Crippen molar-refractivity contribution in [2.75, 3.05) is 14.2 Å². The maximum absolute atomic E-state index is 12.4. The van der Waals surface area contributed by atoms with Crippen LogP contribution in [-0.2, 0) is 9.59 Å². The highest BCUT2D eigenvalue weighted by atomic mass is 32.2. The van der Waals surface area contributed by atoms with Gasteiger partial charge in [0.05, 0.1) is 19.1 Å². The molecule has 1 aliphatic rings. The largest absolute Gasteiger partial charge is 0.497 e. The molecule has 1 fully saturated rings. The van der Waals surface area contributed by atoms with Crippen molar-refractivity contribution in [2.45, 2.75) is 13.0 Å². The summed E-state index contributed by atoms with van der Waals surface area (Å²) in [6.07, 6.45) is 1.63. The third kappa shape index (κ3) is 3.48. The molecule has 1 amide bonds. The number of benzene rings is 1. The predicted octanol–water partition coefficient (Wildman–Crippen LogP) is 2.38. The number of ether oxygens (including phenoxy) is 2. The fourth-order valence-electron chi connectivity index (χ4n) is 2.00. The van der Waals surface area contributed by atoms with Gasteiger partial charge in [0.2, 0.25) is 0 Å². The number of carbonyl (C=O) groups is 2. The molecule has 2 rings (SSSR count). The molecule has 8 heteroatoms. The molecule has 0 aliphatic carbocycles. The minimum absolute atomic E-state index is 0.226. The van der Waals surface area contributed by atoms with Crippen molar-refractivity contribution in [1.82, 2.24) is 4.90 Å². The molecule has 23 heavy (non-hydrogen) atoms. The number of thioether (sulfide) groups is 1. The first-order chi connectivity index (χ1) is 10.9. The van der Waals surface area contributed by atoms with Crippen LogP contribution in [0.4, 0.5) is 0 Å². The van der Waals surface area contributed by atoms with E-state index in [2.05, 4.69) is 0 Å². The van der Waals surface area contributed by atoms with Gasteiger partial charge in [0.25, 0.3) is 5.91 Å². The molecule has 1 aromatic rings. The van der Waals surface area contributed by atoms with E-state index in [-0.39, 0.29) is 4.32 Å². The van der Waals surface area contributed by atoms with E-state index < -0.39 is 17.9 Å². The molecule has 1 heterocycles. The summed E-state index contributed by atoms with van der Waals surface area (Å²) in [4.78, 5) is 25.0. The molecule has 1 aliphatic heterocycles. The van der Waals surface area contributed by atoms with Crippen molar-refractivity contribution in [3.05, 3.63) is 28.7 Å². The molecule has 0 saturated carbocycles. The smallest absolute Gasteiger partial charge is 0.326 e. The van der Waals surface area contributed by atoms with E-state index in [4.69, 9.17) is 26.8 Å². The molecular weight excluding hydrogens is 338 g/mol. The molecule has 1 saturated heterocycles. The molecule has 1 N–H and O–H groups in total. The monoisotopic (exact) mass is 353 g/mol. The van der Waals surface area contributed by atoms with Crippen LogP contribution in [0, 0.1) is 0 Å². The SMILES string of the molecule is COc1ccc(/C=C2\SC(=S)N(C(C)C(=O)O)C2=O)c(OC)c1. The molecule has 122 valence electrons. The summed E-state index contributed by atoms with van der Waals surface area (Å²) in [5.41, 5.74) is 0.678. The highest BCUT2D eigenvalue weighted by molar-refractivity contribution is 8.26. The van der Waals surface area contributed by atoms with Crippen LogP contribution in [0.1, 0.15) is 12.5 Å². The maximum atomic E-state index is 12.4. The van der Waals surface area contributed by atoms with Gasteiger partial charge in [-0.2, -0.15) is 0 Å². The van der Waals surface area contributed by atoms with Crippen LogP contribution in [0.25, 0.3) is 6.08 Å². The topological polar surface area (TPSA) is 76.1 Å². The Bertz CT molecular complexity index is 701. The lowest BCUT2D eigenvalue weighted by atomic mass is 10.1. The Hall–Kier alpha value is -2.06. The van der Waals surface area contributed by atoms with Crippen molar-refractivity contribution >= 4 is 46.3 Å². The van der Waals surface area contributed by atoms with E-state index in [1.165, 1.54) is 14.0 Å². The quantitative estimate of drug-likeness (QED) is 0.643. The van der Waals surface area contributed by atoms with Crippen LogP contribution >= 0.6 is 24.0 Å². The van der Waals surface area contributed by atoms with Gasteiger partial charge in [-0.15, -0.1) is 0 Å². The third-order valence-corrected chi connectivity index (χ3v) is 4.63. The van der Waals surface area contributed by atoms with Crippen molar-refractivity contribution < 1.29 is 24.2 Å². The number of nitrogens with zero attached hydrogens (tertiary/aromatic N) is 1. The zero-order valence-electron chi connectivity index (χ0n) is 12.7. The van der Waals surface area contributed by atoms with E-state index in [1.54, 1.807) is 31.4 Å². The van der Waals surface area contributed by atoms with E-state index >= 15 is 0 Å². The Balaban J connectivity index is 2.36. The number of carbonyl (C=O) groups excluding carboxylic acids is 1. The summed E-state index contributed by atoms with van der Waals surface area (Å²) in [5, 5.41) is 9.08. The molecule has 0 radical (unpaired) electrons. The molecule has 1 atom stereocenters. The van der Waals surface area contributed by atoms with Crippen molar-refractivity contribution in [1.29, 1.82) is 0 Å². The molecular formula is C15H15NO5S2. The summed E-state index contributed by atoms with van der Waals surface area (Å²) < 4.78 is 10.6. The summed E-state index contributed by atoms with van der Waals surface area (Å²) in [6, 6.07) is 4.19. The normalized spacial score (nSPS) is 17.5. The maximum Gasteiger partial charge on any atom is 0.326 e. The van der Waals surface area contributed by atoms with Gasteiger partial charge in [-0.05, 0) is 25.1 Å². The molecule has 1 unspecified atom stereocenters. The van der Waals surface area contributed by atoms with Crippen LogP contribution in [0.3, 0.4) is 0 Å². The molecule has 1 aromatic carbocycles. The van der Waals surface area contributed by atoms with Gasteiger partial charge >= 0.3 is 5.97 Å². The number of aliphatic carboxylic acids is 1. The van der Waals surface area contributed by atoms with Gasteiger partial charge in [0, 0.05) is 11.6 Å². The number of carboxylic acid groups (broad SMARTS) is 1. The van der Waals surface area contributed by atoms with Crippen LogP contribution in [0.15, 0.2) is 23.1 Å². The Morgan fingerprint density at radius 3 is 2.65 bits per heavy atom. The number of rotatable bonds is 5. The number of methoxy groups -OCH3 is 2. The lowest BCUT2D eigenvalue weighted by Crippen LogP contribution is -2.41. The van der Waals surface area contributed by atoms with Crippen LogP contribution < -0.4 is 9.47 Å². The van der Waals surface area contributed by atoms with Crippen molar-refractivity contribution in [3.8, 4) is 11.5 Å². The third-order valence-electron chi connectivity index (χ3n) is 3.30. The highest BCUT2D eigenvalue weighted by Crippen LogP contribution is 2.36. The standard InChI is InChI=1S/C15H15NO5S2/c1-8(14(18)19)16-13(17)12(23-15(16)22)6-9-4-5-10(20-2)7-11(9)21-3/h4-8H,1-3H3,(H,18,19)/b12-6-. The Labute approximate surface area is 143 Å². The molecule has 0 aromatic heterocycles. The summed E-state index contributed by atoms with van der Waals surface area (Å²) >= 11 is 6.19. The van der Waals surface area contributed by atoms with Crippen LogP contribution in [0.5, 0.6) is 11.5 Å². The second kappa shape index (κ2) is 7.01. The summed E-state index contributed by atoms with van der Waals surface area (Å²) in [6.45, 7) is 1.42. The first kappa shape index (κ1) is 17.3. The first-order valence-corrected chi connectivity index (χ1v) is 7.83. The number of amides is 1. The average molecular weight is 353 g/mol. The summed E-state index contributed by atoms with van der Waals surface area (Å²) in [7, 11) is 3.07. The van der Waals surface area contributed by atoms with Gasteiger partial charge in [-0.3, -0.25) is 9.69 Å². The zero-order chi connectivity index (χ0) is 17.1. The lowest BCUT2D eigenvalue weighted by Gasteiger charge is -2.18. The van der Waals surface area contributed by atoms with Gasteiger partial charge in [0.15, 0.2) is 0 Å². The number of hydrogen-bond acceptors (Lipinski definition) is 6. The van der Waals surface area contributed by atoms with Gasteiger partial charge in [-0.25, -0.2) is 4.79 Å². The average Bonchev–Trinajstić information content (AvgIpc) is 2.80. The second-order valence-electron chi connectivity index (χ2n) is 4.67. The fraction of sp³-hybridized carbons (Fsp3) is 0.267. The molecule has 0 bridgehead atoms. The Morgan fingerprint density at radius 1 is 1.39 bits per heavy atom. The predicted molar refractivity (Wildman–Crippen MR) is 91.7 cm³/mol. The minimum atomic E-state index is -1.11. The van der Waals surface area contributed by atoms with Gasteiger partial charge in [0.1, 0.15) is 21.9 Å². The van der Waals surface area contributed by atoms with Crippen LogP contribution in [0.2, 0.25) is 0 Å². The van der Waals surface area contributed by atoms with Gasteiger partial charge in [-0.1, -0.05) is 24.0 Å². The highest BCUT2D eigenvalue weighted by Gasteiger charge is 2.38. The summed E-state index contributed by atoms with van der Waals surface area (Å²) in [5.74, 6) is -0.357. The van der Waals surface area contributed by atoms with E-state index in [1.807, 2.05) is 0 Å². The second-order valence-corrected chi connectivity index (χ2v) is 6.35. The van der Waals surface area contributed by atoms with E-state index in [0.717, 1.165) is 16.7 Å². The van der Waals surface area contributed by atoms with Crippen LogP contribution in [-0.4, -0.2) is 46.5 Å². The number of carboxylic acids is 1. The van der Waals surface area contributed by atoms with E-state index in [0.29, 0.717) is 22.0 Å². The Kier molecular flexibility index (Phi) is 5.27. The Morgan fingerprint density at radius 2 is 2.09 bits per heavy atom. The lowest BCUT2D eigenvalue weighted by molar-refractivity contribution is -0.144. The molecule has 6 nitrogen and oxygen atoms in total. The number of hydrogen-bond donors (Lipinski definition) is 1. The van der Waals surface area contributed by atoms with E-state index in [9.17, 15) is 9.59 Å². The number of thiocarbonyl (C=S) groups is 1. The van der Waals surface area contributed by atoms with Gasteiger partial charge < -0.3 is 14.6 Å².